The van der Waals surface area contributed by atoms with Crippen molar-refractivity contribution in [1.29, 1.82) is 0 Å². The average molecular weight is 289 g/mol. The second-order valence-corrected chi connectivity index (χ2v) is 5.03. The Hall–Kier alpha value is -0.840. The topological polar surface area (TPSA) is 24.5 Å². The Morgan fingerprint density at radius 1 is 1.21 bits per heavy atom. The van der Waals surface area contributed by atoms with Crippen molar-refractivity contribution in [3.63, 3.8) is 0 Å². The second-order valence-electron chi connectivity index (χ2n) is 5.03. The minimum absolute atomic E-state index is 0. The third-order valence-corrected chi connectivity index (χ3v) is 3.12. The fourth-order valence-corrected chi connectivity index (χ4v) is 2.45. The molecule has 1 N–H and O–H groups in total. The normalized spacial score (nSPS) is 23.7. The quantitative estimate of drug-likeness (QED) is 0.920. The van der Waals surface area contributed by atoms with Gasteiger partial charge in [0.1, 0.15) is 18.2 Å². The molecule has 19 heavy (non-hydrogen) atoms. The molecule has 1 aromatic carbocycles. The van der Waals surface area contributed by atoms with Crippen LogP contribution in [0.2, 0.25) is 0 Å². The first-order valence-corrected chi connectivity index (χ1v) is 6.50. The monoisotopic (exact) mass is 288 g/mol. The van der Waals surface area contributed by atoms with E-state index in [0.29, 0.717) is 18.7 Å². The average Bonchev–Trinajstić information content (AvgIpc) is 2.30. The smallest absolute Gasteiger partial charge is 0.123 e. The predicted molar refractivity (Wildman–Crippen MR) is 77.6 cm³/mol. The van der Waals surface area contributed by atoms with Crippen molar-refractivity contribution in [3.8, 4) is 5.75 Å². The lowest BCUT2D eigenvalue weighted by Gasteiger charge is -2.35. The number of rotatable bonds is 4. The number of piperazine rings is 1. The first-order valence-electron chi connectivity index (χ1n) is 6.50. The first kappa shape index (κ1) is 16.2. The van der Waals surface area contributed by atoms with E-state index in [-0.39, 0.29) is 18.2 Å². The van der Waals surface area contributed by atoms with Gasteiger partial charge in [0.15, 0.2) is 0 Å². The molecule has 1 aliphatic rings. The summed E-state index contributed by atoms with van der Waals surface area (Å²) in [6.45, 7) is 8.06. The van der Waals surface area contributed by atoms with Crippen molar-refractivity contribution >= 4 is 12.4 Å². The van der Waals surface area contributed by atoms with E-state index in [0.717, 1.165) is 25.4 Å². The molecule has 2 atom stereocenters. The minimum atomic E-state index is -0.230. The van der Waals surface area contributed by atoms with Gasteiger partial charge in [-0.05, 0) is 38.1 Å². The molecule has 0 spiro atoms. The van der Waals surface area contributed by atoms with Crippen LogP contribution in [0.5, 0.6) is 5.75 Å². The van der Waals surface area contributed by atoms with Crippen LogP contribution in [-0.4, -0.2) is 43.2 Å². The van der Waals surface area contributed by atoms with Crippen LogP contribution in [-0.2, 0) is 0 Å². The number of nitrogens with zero attached hydrogens (tertiary/aromatic N) is 1. The van der Waals surface area contributed by atoms with Gasteiger partial charge in [-0.3, -0.25) is 4.90 Å². The molecule has 1 aromatic rings. The molecule has 1 aliphatic heterocycles. The van der Waals surface area contributed by atoms with E-state index in [1.807, 2.05) is 0 Å². The molecule has 1 fully saturated rings. The summed E-state index contributed by atoms with van der Waals surface area (Å²) >= 11 is 0. The van der Waals surface area contributed by atoms with Crippen molar-refractivity contribution in [3.05, 3.63) is 30.1 Å². The van der Waals surface area contributed by atoms with Gasteiger partial charge in [0.25, 0.3) is 0 Å². The van der Waals surface area contributed by atoms with Crippen molar-refractivity contribution in [2.45, 2.75) is 25.9 Å². The summed E-state index contributed by atoms with van der Waals surface area (Å²) in [5.74, 6) is 0.500. The van der Waals surface area contributed by atoms with Crippen LogP contribution < -0.4 is 10.1 Å². The molecule has 0 bridgehead atoms. The molecule has 2 rings (SSSR count). The van der Waals surface area contributed by atoms with E-state index in [9.17, 15) is 4.39 Å². The Morgan fingerprint density at radius 2 is 1.79 bits per heavy atom. The second kappa shape index (κ2) is 7.68. The van der Waals surface area contributed by atoms with Crippen LogP contribution in [0.3, 0.4) is 0 Å². The van der Waals surface area contributed by atoms with Gasteiger partial charge >= 0.3 is 0 Å². The molecular formula is C14H22ClFN2O. The maximum Gasteiger partial charge on any atom is 0.123 e. The molecular weight excluding hydrogens is 267 g/mol. The van der Waals surface area contributed by atoms with Crippen molar-refractivity contribution in [1.82, 2.24) is 10.2 Å². The van der Waals surface area contributed by atoms with E-state index in [4.69, 9.17) is 4.74 Å². The van der Waals surface area contributed by atoms with Gasteiger partial charge in [0, 0.05) is 31.7 Å². The van der Waals surface area contributed by atoms with Gasteiger partial charge in [-0.15, -0.1) is 12.4 Å². The Morgan fingerprint density at radius 3 is 2.37 bits per heavy atom. The van der Waals surface area contributed by atoms with Gasteiger partial charge < -0.3 is 10.1 Å². The molecule has 1 heterocycles. The highest BCUT2D eigenvalue weighted by atomic mass is 35.5. The molecule has 108 valence electrons. The standard InChI is InChI=1S/C14H21FN2O.ClH/c1-11-9-17(10-12(2)16-11)7-8-18-14-5-3-13(15)4-6-14;/h3-6,11-12,16H,7-10H2,1-2H3;1H. The Balaban J connectivity index is 0.00000180. The Labute approximate surface area is 120 Å². The number of hydrogen-bond donors (Lipinski definition) is 1. The summed E-state index contributed by atoms with van der Waals surface area (Å²) in [5, 5.41) is 3.50. The molecule has 3 nitrogen and oxygen atoms in total. The van der Waals surface area contributed by atoms with Crippen LogP contribution in [0.15, 0.2) is 24.3 Å². The first-order chi connectivity index (χ1) is 8.63. The van der Waals surface area contributed by atoms with Gasteiger partial charge in [-0.1, -0.05) is 0 Å². The largest absolute Gasteiger partial charge is 0.492 e. The highest BCUT2D eigenvalue weighted by Crippen LogP contribution is 2.11. The highest BCUT2D eigenvalue weighted by Gasteiger charge is 2.20. The SMILES string of the molecule is CC1CN(CCOc2ccc(F)cc2)CC(C)N1.Cl. The molecule has 0 aromatic heterocycles. The number of ether oxygens (including phenoxy) is 1. The van der Waals surface area contributed by atoms with Gasteiger partial charge in [0.2, 0.25) is 0 Å². The summed E-state index contributed by atoms with van der Waals surface area (Å²) in [6, 6.07) is 7.23. The van der Waals surface area contributed by atoms with Crippen molar-refractivity contribution in [2.24, 2.45) is 0 Å². The molecule has 0 amide bonds. The molecule has 0 radical (unpaired) electrons. The zero-order chi connectivity index (χ0) is 13.0. The van der Waals surface area contributed by atoms with E-state index < -0.39 is 0 Å². The van der Waals surface area contributed by atoms with Gasteiger partial charge in [-0.25, -0.2) is 4.39 Å². The molecule has 1 saturated heterocycles. The van der Waals surface area contributed by atoms with Crippen LogP contribution in [0, 0.1) is 5.82 Å². The zero-order valence-electron chi connectivity index (χ0n) is 11.4. The molecule has 5 heteroatoms. The van der Waals surface area contributed by atoms with E-state index in [2.05, 4.69) is 24.1 Å². The van der Waals surface area contributed by atoms with Crippen LogP contribution in [0.4, 0.5) is 4.39 Å². The van der Waals surface area contributed by atoms with E-state index in [1.54, 1.807) is 12.1 Å². The maximum absolute atomic E-state index is 12.7. The molecule has 0 aliphatic carbocycles. The lowest BCUT2D eigenvalue weighted by Crippen LogP contribution is -2.54. The van der Waals surface area contributed by atoms with Crippen molar-refractivity contribution < 1.29 is 9.13 Å². The lowest BCUT2D eigenvalue weighted by atomic mass is 10.1. The summed E-state index contributed by atoms with van der Waals surface area (Å²) in [5.41, 5.74) is 0. The fraction of sp³-hybridized carbons (Fsp3) is 0.571. The van der Waals surface area contributed by atoms with E-state index in [1.165, 1.54) is 12.1 Å². The Bertz CT molecular complexity index is 364. The maximum atomic E-state index is 12.7. The minimum Gasteiger partial charge on any atom is -0.492 e. The fourth-order valence-electron chi connectivity index (χ4n) is 2.45. The van der Waals surface area contributed by atoms with Crippen LogP contribution >= 0.6 is 12.4 Å². The van der Waals surface area contributed by atoms with Gasteiger partial charge in [-0.2, -0.15) is 0 Å². The van der Waals surface area contributed by atoms with Crippen LogP contribution in [0.1, 0.15) is 13.8 Å². The van der Waals surface area contributed by atoms with Crippen LogP contribution in [0.25, 0.3) is 0 Å². The molecule has 2 unspecified atom stereocenters. The number of halogens is 2. The summed E-state index contributed by atoms with van der Waals surface area (Å²) in [4.78, 5) is 2.40. The number of nitrogens with one attached hydrogen (secondary N) is 1. The van der Waals surface area contributed by atoms with Crippen molar-refractivity contribution in [2.75, 3.05) is 26.2 Å². The predicted octanol–water partition coefficient (Wildman–Crippen LogP) is 2.31. The summed E-state index contributed by atoms with van der Waals surface area (Å²) in [6.07, 6.45) is 0. The summed E-state index contributed by atoms with van der Waals surface area (Å²) < 4.78 is 18.3. The van der Waals surface area contributed by atoms with Gasteiger partial charge in [0.05, 0.1) is 0 Å². The lowest BCUT2D eigenvalue weighted by molar-refractivity contribution is 0.146. The summed E-state index contributed by atoms with van der Waals surface area (Å²) in [7, 11) is 0. The molecule has 0 saturated carbocycles. The third-order valence-electron chi connectivity index (χ3n) is 3.12. The Kier molecular flexibility index (Phi) is 6.55. The zero-order valence-corrected chi connectivity index (χ0v) is 12.3. The van der Waals surface area contributed by atoms with E-state index >= 15 is 0 Å². The third kappa shape index (κ3) is 5.35. The number of benzene rings is 1. The highest BCUT2D eigenvalue weighted by molar-refractivity contribution is 5.85. The number of hydrogen-bond acceptors (Lipinski definition) is 3.